The van der Waals surface area contributed by atoms with Gasteiger partial charge in [-0.1, -0.05) is 39.1 Å². The summed E-state index contributed by atoms with van der Waals surface area (Å²) in [7, 11) is 0. The zero-order valence-corrected chi connectivity index (χ0v) is 17.1. The van der Waals surface area contributed by atoms with Gasteiger partial charge in [0.2, 0.25) is 5.88 Å². The molecule has 2 aromatic carbocycles. The lowest BCUT2D eigenvalue weighted by Crippen LogP contribution is -2.18. The van der Waals surface area contributed by atoms with Gasteiger partial charge < -0.3 is 5.11 Å². The number of nitrogens with zero attached hydrogens (tertiary/aromatic N) is 2. The highest BCUT2D eigenvalue weighted by Crippen LogP contribution is 2.28. The van der Waals surface area contributed by atoms with Gasteiger partial charge in [-0.15, -0.1) is 0 Å². The molecule has 1 heterocycles. The van der Waals surface area contributed by atoms with Gasteiger partial charge in [-0.2, -0.15) is 0 Å². The van der Waals surface area contributed by atoms with E-state index in [0.717, 1.165) is 15.1 Å². The molecular weight excluding hydrogens is 480 g/mol. The number of hydrogen-bond acceptors (Lipinski definition) is 4. The van der Waals surface area contributed by atoms with Crippen molar-refractivity contribution in [2.75, 3.05) is 0 Å². The van der Waals surface area contributed by atoms with Crippen LogP contribution in [0.5, 0.6) is 5.88 Å². The summed E-state index contributed by atoms with van der Waals surface area (Å²) in [5.74, 6) is -1.09. The molecule has 1 aromatic heterocycles. The number of halogens is 4. The first-order chi connectivity index (χ1) is 12.8. The Balaban J connectivity index is 2.14. The third-order valence-electron chi connectivity index (χ3n) is 3.52. The molecule has 0 aliphatic rings. The second-order valence-electron chi connectivity index (χ2n) is 5.28. The standard InChI is InChI=1S/C17H9BrCl2FN3O2S/c18-8-1-4-14(12(20)5-8)22-7-10-15(25)23-17(27)24(16(10)26)9-2-3-13(21)11(19)6-9/h1-7,26H,(H,23,25,27). The van der Waals surface area contributed by atoms with Crippen molar-refractivity contribution in [2.45, 2.75) is 0 Å². The summed E-state index contributed by atoms with van der Waals surface area (Å²) in [6.07, 6.45) is 1.17. The van der Waals surface area contributed by atoms with Crippen LogP contribution in [0, 0.1) is 10.6 Å². The Kier molecular flexibility index (Phi) is 5.81. The van der Waals surface area contributed by atoms with Crippen LogP contribution >= 0.6 is 51.3 Å². The highest BCUT2D eigenvalue weighted by molar-refractivity contribution is 9.10. The van der Waals surface area contributed by atoms with Gasteiger partial charge in [-0.25, -0.2) is 4.39 Å². The van der Waals surface area contributed by atoms with E-state index in [1.165, 1.54) is 18.3 Å². The van der Waals surface area contributed by atoms with Crippen molar-refractivity contribution in [3.63, 3.8) is 0 Å². The molecule has 0 amide bonds. The van der Waals surface area contributed by atoms with Crippen LogP contribution in [-0.2, 0) is 0 Å². The Labute approximate surface area is 175 Å². The largest absolute Gasteiger partial charge is 0.494 e. The lowest BCUT2D eigenvalue weighted by atomic mass is 10.2. The van der Waals surface area contributed by atoms with Crippen LogP contribution in [0.3, 0.4) is 0 Å². The maximum atomic E-state index is 13.4. The Hall–Kier alpha value is -2.00. The number of rotatable bonds is 3. The third-order valence-corrected chi connectivity index (χ3v) is 4.89. The summed E-state index contributed by atoms with van der Waals surface area (Å²) in [6.45, 7) is 0. The molecule has 138 valence electrons. The fourth-order valence-corrected chi connectivity index (χ4v) is 3.42. The van der Waals surface area contributed by atoms with Crippen molar-refractivity contribution in [3.05, 3.63) is 77.4 Å². The van der Waals surface area contributed by atoms with E-state index < -0.39 is 17.3 Å². The number of nitrogens with one attached hydrogen (secondary N) is 1. The number of aromatic amines is 1. The van der Waals surface area contributed by atoms with Crippen molar-refractivity contribution in [2.24, 2.45) is 4.99 Å². The SMILES string of the molecule is O=c1[nH]c(=S)n(-c2ccc(F)c(Cl)c2)c(O)c1C=Nc1ccc(Br)cc1Cl. The van der Waals surface area contributed by atoms with Crippen LogP contribution in [0.2, 0.25) is 10.0 Å². The van der Waals surface area contributed by atoms with Gasteiger partial charge in [0.05, 0.1) is 21.4 Å². The van der Waals surface area contributed by atoms with E-state index in [2.05, 4.69) is 25.9 Å². The Bertz CT molecular complexity index is 1190. The first kappa shape index (κ1) is 19.8. The molecule has 27 heavy (non-hydrogen) atoms. The fraction of sp³-hybridized carbons (Fsp3) is 0. The van der Waals surface area contributed by atoms with E-state index in [1.54, 1.807) is 18.2 Å². The van der Waals surface area contributed by atoms with Gasteiger partial charge in [0.25, 0.3) is 5.56 Å². The summed E-state index contributed by atoms with van der Waals surface area (Å²) in [5.41, 5.74) is -0.115. The predicted molar refractivity (Wildman–Crippen MR) is 110 cm³/mol. The molecule has 0 radical (unpaired) electrons. The van der Waals surface area contributed by atoms with Gasteiger partial charge in [0.15, 0.2) is 4.77 Å². The Morgan fingerprint density at radius 3 is 2.63 bits per heavy atom. The van der Waals surface area contributed by atoms with Gasteiger partial charge in [0, 0.05) is 10.7 Å². The smallest absolute Gasteiger partial charge is 0.264 e. The fourth-order valence-electron chi connectivity index (χ4n) is 2.24. The average Bonchev–Trinajstić information content (AvgIpc) is 2.59. The minimum Gasteiger partial charge on any atom is -0.494 e. The lowest BCUT2D eigenvalue weighted by molar-refractivity contribution is 0.432. The van der Waals surface area contributed by atoms with Crippen LogP contribution in [0.1, 0.15) is 5.56 Å². The van der Waals surface area contributed by atoms with Gasteiger partial charge in [-0.3, -0.25) is 19.3 Å². The van der Waals surface area contributed by atoms with E-state index in [0.29, 0.717) is 10.7 Å². The molecule has 0 unspecified atom stereocenters. The van der Waals surface area contributed by atoms with E-state index >= 15 is 0 Å². The minimum absolute atomic E-state index is 0.0843. The predicted octanol–water partition coefficient (Wildman–Crippen LogP) is 5.56. The lowest BCUT2D eigenvalue weighted by Gasteiger charge is -2.11. The highest BCUT2D eigenvalue weighted by atomic mass is 79.9. The van der Waals surface area contributed by atoms with Crippen molar-refractivity contribution >= 4 is 63.3 Å². The third kappa shape index (κ3) is 4.14. The number of aromatic hydroxyl groups is 1. The summed E-state index contributed by atoms with van der Waals surface area (Å²) in [5, 5.41) is 10.8. The second kappa shape index (κ2) is 7.93. The van der Waals surface area contributed by atoms with Crippen molar-refractivity contribution in [3.8, 4) is 11.6 Å². The molecule has 0 aliphatic heterocycles. The maximum Gasteiger partial charge on any atom is 0.264 e. The summed E-state index contributed by atoms with van der Waals surface area (Å²) in [6, 6.07) is 8.78. The van der Waals surface area contributed by atoms with Gasteiger partial charge in [0.1, 0.15) is 11.4 Å². The van der Waals surface area contributed by atoms with E-state index in [9.17, 15) is 14.3 Å². The molecule has 0 fully saturated rings. The summed E-state index contributed by atoms with van der Waals surface area (Å²) in [4.78, 5) is 18.8. The molecule has 2 N–H and O–H groups in total. The van der Waals surface area contributed by atoms with Crippen molar-refractivity contribution in [1.29, 1.82) is 0 Å². The summed E-state index contributed by atoms with van der Waals surface area (Å²) >= 11 is 20.3. The highest BCUT2D eigenvalue weighted by Gasteiger charge is 2.14. The second-order valence-corrected chi connectivity index (χ2v) is 7.40. The van der Waals surface area contributed by atoms with E-state index in [4.69, 9.17) is 35.4 Å². The molecule has 3 rings (SSSR count). The minimum atomic E-state index is -0.640. The first-order valence-electron chi connectivity index (χ1n) is 7.31. The van der Waals surface area contributed by atoms with Crippen LogP contribution in [0.4, 0.5) is 10.1 Å². The number of hydrogen-bond donors (Lipinski definition) is 2. The normalized spacial score (nSPS) is 11.3. The molecule has 0 atom stereocenters. The van der Waals surface area contributed by atoms with Crippen LogP contribution in [-0.4, -0.2) is 20.9 Å². The molecule has 0 bridgehead atoms. The molecule has 5 nitrogen and oxygen atoms in total. The Morgan fingerprint density at radius 2 is 1.96 bits per heavy atom. The molecule has 0 saturated heterocycles. The molecule has 3 aromatic rings. The van der Waals surface area contributed by atoms with Gasteiger partial charge in [-0.05, 0) is 48.6 Å². The van der Waals surface area contributed by atoms with Crippen LogP contribution in [0.15, 0.2) is 50.7 Å². The zero-order chi connectivity index (χ0) is 19.7. The molecule has 0 aliphatic carbocycles. The average molecular weight is 489 g/mol. The van der Waals surface area contributed by atoms with Crippen LogP contribution < -0.4 is 5.56 Å². The number of H-pyrrole nitrogens is 1. The quantitative estimate of drug-likeness (QED) is 0.374. The summed E-state index contributed by atoms with van der Waals surface area (Å²) < 4.78 is 15.2. The van der Waals surface area contributed by atoms with Gasteiger partial charge >= 0.3 is 0 Å². The zero-order valence-electron chi connectivity index (χ0n) is 13.2. The maximum absolute atomic E-state index is 13.4. The molecule has 0 spiro atoms. The first-order valence-corrected chi connectivity index (χ1v) is 9.26. The van der Waals surface area contributed by atoms with Crippen LogP contribution in [0.25, 0.3) is 5.69 Å². The van der Waals surface area contributed by atoms with E-state index in [1.807, 2.05) is 0 Å². The topological polar surface area (TPSA) is 70.4 Å². The number of aromatic nitrogens is 2. The number of aliphatic imine (C=N–C) groups is 1. The van der Waals surface area contributed by atoms with E-state index in [-0.39, 0.29) is 21.0 Å². The van der Waals surface area contributed by atoms with Crippen molar-refractivity contribution in [1.82, 2.24) is 9.55 Å². The number of benzene rings is 2. The molecule has 0 saturated carbocycles. The molecule has 10 heteroatoms. The Morgan fingerprint density at radius 1 is 1.22 bits per heavy atom. The van der Waals surface area contributed by atoms with Crippen molar-refractivity contribution < 1.29 is 9.50 Å². The monoisotopic (exact) mass is 487 g/mol. The molecular formula is C17H9BrCl2FN3O2S.